The minimum absolute atomic E-state index is 0.119. The Morgan fingerprint density at radius 2 is 2.12 bits per heavy atom. The number of fused-ring (bicyclic) bond motifs is 1. The standard InChI is InChI=1S/C15H20F3N5O2/c1-3-25-12-8-11(9-22-5-7-24-6-4-10(22)2)19-14-20-13(15(16,17)18)21-23(12)14/h8,10H,3-7,9H2,1-2H3/t10-/m0/s1. The molecule has 2 aromatic rings. The lowest BCUT2D eigenvalue weighted by molar-refractivity contribution is -0.144. The fourth-order valence-corrected chi connectivity index (χ4v) is 2.72. The first-order chi connectivity index (χ1) is 11.9. The van der Waals surface area contributed by atoms with Crippen LogP contribution in [0, 0.1) is 0 Å². The Balaban J connectivity index is 1.95. The zero-order chi connectivity index (χ0) is 18.0. The van der Waals surface area contributed by atoms with Gasteiger partial charge >= 0.3 is 6.18 Å². The van der Waals surface area contributed by atoms with Crippen LogP contribution < -0.4 is 4.74 Å². The molecule has 0 spiro atoms. The van der Waals surface area contributed by atoms with Crippen molar-refractivity contribution in [3.05, 3.63) is 17.6 Å². The lowest BCUT2D eigenvalue weighted by Gasteiger charge is -2.25. The Bertz CT molecular complexity index is 734. The molecule has 7 nitrogen and oxygen atoms in total. The topological polar surface area (TPSA) is 64.8 Å². The molecule has 1 atom stereocenters. The second kappa shape index (κ2) is 7.12. The zero-order valence-corrected chi connectivity index (χ0v) is 14.1. The third kappa shape index (κ3) is 4.01. The molecule has 0 aliphatic carbocycles. The van der Waals surface area contributed by atoms with Crippen molar-refractivity contribution >= 4 is 5.78 Å². The number of ether oxygens (including phenoxy) is 2. The lowest BCUT2D eigenvalue weighted by atomic mass is 10.2. The largest absolute Gasteiger partial charge is 0.478 e. The average Bonchev–Trinajstić information content (AvgIpc) is 2.88. The molecule has 1 aliphatic rings. The van der Waals surface area contributed by atoms with Crippen molar-refractivity contribution < 1.29 is 22.6 Å². The third-order valence-electron chi connectivity index (χ3n) is 4.07. The SMILES string of the molecule is CCOc1cc(CN2CCOCC[C@@H]2C)nc2nc(C(F)(F)F)nn12. The van der Waals surface area contributed by atoms with Crippen molar-refractivity contribution in [2.24, 2.45) is 0 Å². The van der Waals surface area contributed by atoms with Gasteiger partial charge in [0.1, 0.15) is 0 Å². The summed E-state index contributed by atoms with van der Waals surface area (Å²) in [5.74, 6) is -1.15. The van der Waals surface area contributed by atoms with Crippen molar-refractivity contribution in [2.75, 3.05) is 26.4 Å². The summed E-state index contributed by atoms with van der Waals surface area (Å²) in [5.41, 5.74) is 0.589. The van der Waals surface area contributed by atoms with Gasteiger partial charge in [-0.3, -0.25) is 4.90 Å². The Labute approximate surface area is 142 Å². The van der Waals surface area contributed by atoms with E-state index in [1.807, 2.05) is 0 Å². The first kappa shape index (κ1) is 17.9. The summed E-state index contributed by atoms with van der Waals surface area (Å²) < 4.78 is 50.5. The van der Waals surface area contributed by atoms with Crippen LogP contribution in [0.3, 0.4) is 0 Å². The second-order valence-corrected chi connectivity index (χ2v) is 5.88. The molecule has 3 rings (SSSR count). The lowest BCUT2D eigenvalue weighted by Crippen LogP contribution is -2.33. The van der Waals surface area contributed by atoms with Gasteiger partial charge in [0.25, 0.3) is 11.6 Å². The number of nitrogens with zero attached hydrogens (tertiary/aromatic N) is 5. The van der Waals surface area contributed by atoms with Gasteiger partial charge in [0.15, 0.2) is 0 Å². The molecule has 1 saturated heterocycles. The van der Waals surface area contributed by atoms with Gasteiger partial charge in [0, 0.05) is 31.8 Å². The van der Waals surface area contributed by atoms with Crippen LogP contribution in [0.2, 0.25) is 0 Å². The maximum absolute atomic E-state index is 12.9. The van der Waals surface area contributed by atoms with Crippen LogP contribution in [-0.4, -0.2) is 56.9 Å². The number of halogens is 3. The van der Waals surface area contributed by atoms with Gasteiger partial charge < -0.3 is 9.47 Å². The molecule has 0 bridgehead atoms. The molecule has 0 aromatic carbocycles. The molecule has 2 aromatic heterocycles. The van der Waals surface area contributed by atoms with Crippen LogP contribution in [0.1, 0.15) is 31.8 Å². The summed E-state index contributed by atoms with van der Waals surface area (Å²) >= 11 is 0. The van der Waals surface area contributed by atoms with E-state index in [-0.39, 0.29) is 11.7 Å². The van der Waals surface area contributed by atoms with Crippen molar-refractivity contribution in [2.45, 2.75) is 39.0 Å². The molecule has 10 heteroatoms. The van der Waals surface area contributed by atoms with Crippen LogP contribution in [0.4, 0.5) is 13.2 Å². The van der Waals surface area contributed by atoms with E-state index in [1.165, 1.54) is 0 Å². The van der Waals surface area contributed by atoms with Gasteiger partial charge in [0.2, 0.25) is 5.88 Å². The molecular weight excluding hydrogens is 339 g/mol. The van der Waals surface area contributed by atoms with E-state index in [0.29, 0.717) is 38.1 Å². The van der Waals surface area contributed by atoms with E-state index in [0.717, 1.165) is 17.5 Å². The van der Waals surface area contributed by atoms with E-state index in [9.17, 15) is 13.2 Å². The van der Waals surface area contributed by atoms with Gasteiger partial charge in [0.05, 0.1) is 18.9 Å². The third-order valence-corrected chi connectivity index (χ3v) is 4.07. The van der Waals surface area contributed by atoms with Gasteiger partial charge in [-0.25, -0.2) is 4.98 Å². The number of rotatable bonds is 4. The summed E-state index contributed by atoms with van der Waals surface area (Å²) in [4.78, 5) is 9.93. The Morgan fingerprint density at radius 1 is 1.32 bits per heavy atom. The maximum Gasteiger partial charge on any atom is 0.453 e. The van der Waals surface area contributed by atoms with Crippen molar-refractivity contribution in [3.63, 3.8) is 0 Å². The maximum atomic E-state index is 12.9. The van der Waals surface area contributed by atoms with Crippen LogP contribution >= 0.6 is 0 Å². The average molecular weight is 359 g/mol. The first-order valence-corrected chi connectivity index (χ1v) is 8.17. The highest BCUT2D eigenvalue weighted by atomic mass is 19.4. The molecule has 0 unspecified atom stereocenters. The predicted octanol–water partition coefficient (Wildman–Crippen LogP) is 2.15. The molecule has 1 fully saturated rings. The summed E-state index contributed by atoms with van der Waals surface area (Å²) in [6, 6.07) is 1.91. The van der Waals surface area contributed by atoms with Gasteiger partial charge in [-0.1, -0.05) is 0 Å². The van der Waals surface area contributed by atoms with E-state index < -0.39 is 12.0 Å². The van der Waals surface area contributed by atoms with Crippen molar-refractivity contribution in [3.8, 4) is 5.88 Å². The van der Waals surface area contributed by atoms with Gasteiger partial charge in [-0.05, 0) is 20.3 Å². The summed E-state index contributed by atoms with van der Waals surface area (Å²) in [6.07, 6.45) is -3.74. The molecular formula is C15H20F3N5O2. The normalized spacial score (nSPS) is 20.0. The van der Waals surface area contributed by atoms with Crippen LogP contribution in [0.15, 0.2) is 6.07 Å². The highest BCUT2D eigenvalue weighted by Crippen LogP contribution is 2.27. The number of hydrogen-bond acceptors (Lipinski definition) is 6. The second-order valence-electron chi connectivity index (χ2n) is 5.88. The zero-order valence-electron chi connectivity index (χ0n) is 14.1. The Hall–Kier alpha value is -1.94. The minimum Gasteiger partial charge on any atom is -0.478 e. The molecule has 1 aliphatic heterocycles. The summed E-state index contributed by atoms with van der Waals surface area (Å²) in [5, 5.41) is 3.48. The van der Waals surface area contributed by atoms with Crippen LogP contribution in [-0.2, 0) is 17.5 Å². The Morgan fingerprint density at radius 3 is 2.84 bits per heavy atom. The highest BCUT2D eigenvalue weighted by molar-refractivity contribution is 5.35. The van der Waals surface area contributed by atoms with Crippen molar-refractivity contribution in [1.82, 2.24) is 24.5 Å². The molecule has 0 saturated carbocycles. The first-order valence-electron chi connectivity index (χ1n) is 8.17. The van der Waals surface area contributed by atoms with E-state index in [1.54, 1.807) is 13.0 Å². The van der Waals surface area contributed by atoms with Crippen LogP contribution in [0.25, 0.3) is 5.78 Å². The fraction of sp³-hybridized carbons (Fsp3) is 0.667. The number of hydrogen-bond donors (Lipinski definition) is 0. The summed E-state index contributed by atoms with van der Waals surface area (Å²) in [6.45, 7) is 6.68. The van der Waals surface area contributed by atoms with E-state index >= 15 is 0 Å². The monoisotopic (exact) mass is 359 g/mol. The van der Waals surface area contributed by atoms with E-state index in [4.69, 9.17) is 9.47 Å². The number of aromatic nitrogens is 4. The number of alkyl halides is 3. The molecule has 0 amide bonds. The molecule has 3 heterocycles. The smallest absolute Gasteiger partial charge is 0.453 e. The fourth-order valence-electron chi connectivity index (χ4n) is 2.72. The summed E-state index contributed by atoms with van der Waals surface area (Å²) in [7, 11) is 0. The quantitative estimate of drug-likeness (QED) is 0.834. The Kier molecular flexibility index (Phi) is 5.09. The predicted molar refractivity (Wildman–Crippen MR) is 82.3 cm³/mol. The molecule has 25 heavy (non-hydrogen) atoms. The molecule has 0 N–H and O–H groups in total. The minimum atomic E-state index is -4.63. The molecule has 0 radical (unpaired) electrons. The van der Waals surface area contributed by atoms with Gasteiger partial charge in [-0.15, -0.1) is 5.10 Å². The van der Waals surface area contributed by atoms with E-state index in [2.05, 4.69) is 26.9 Å². The highest BCUT2D eigenvalue weighted by Gasteiger charge is 2.37. The van der Waals surface area contributed by atoms with Crippen molar-refractivity contribution in [1.29, 1.82) is 0 Å². The van der Waals surface area contributed by atoms with Gasteiger partial charge in [-0.2, -0.15) is 22.7 Å². The van der Waals surface area contributed by atoms with Crippen LogP contribution in [0.5, 0.6) is 5.88 Å². The molecule has 138 valence electrons.